The van der Waals surface area contributed by atoms with E-state index in [0.717, 1.165) is 6.26 Å². The van der Waals surface area contributed by atoms with Gasteiger partial charge >= 0.3 is 0 Å². The first kappa shape index (κ1) is 20.4. The van der Waals surface area contributed by atoms with E-state index in [1.807, 2.05) is 0 Å². The lowest BCUT2D eigenvalue weighted by Crippen LogP contribution is -2.28. The van der Waals surface area contributed by atoms with Crippen LogP contribution >= 0.6 is 0 Å². The van der Waals surface area contributed by atoms with Gasteiger partial charge in [-0.25, -0.2) is 21.6 Å². The van der Waals surface area contributed by atoms with E-state index in [2.05, 4.69) is 4.72 Å². The third kappa shape index (κ3) is 4.44. The van der Waals surface area contributed by atoms with E-state index in [1.165, 1.54) is 19.2 Å². The third-order valence-electron chi connectivity index (χ3n) is 4.08. The van der Waals surface area contributed by atoms with E-state index >= 15 is 0 Å². The molecule has 8 heteroatoms. The topological polar surface area (TPSA) is 89.5 Å². The van der Waals surface area contributed by atoms with E-state index in [1.54, 1.807) is 45.0 Å². The van der Waals surface area contributed by atoms with Gasteiger partial charge in [-0.1, -0.05) is 12.1 Å². The lowest BCUT2D eigenvalue weighted by Gasteiger charge is -2.18. The van der Waals surface area contributed by atoms with Crippen LogP contribution in [0, 0.1) is 13.8 Å². The summed E-state index contributed by atoms with van der Waals surface area (Å²) in [5.41, 5.74) is 1.85. The number of hydrogen-bond donors (Lipinski definition) is 1. The number of aryl methyl sites for hydroxylation is 2. The van der Waals surface area contributed by atoms with E-state index < -0.39 is 25.9 Å². The van der Waals surface area contributed by atoms with Gasteiger partial charge in [0.1, 0.15) is 5.75 Å². The fraction of sp³-hybridized carbons (Fsp3) is 0.333. The highest BCUT2D eigenvalue weighted by Crippen LogP contribution is 2.27. The molecule has 0 aliphatic carbocycles. The largest absolute Gasteiger partial charge is 0.497 e. The maximum absolute atomic E-state index is 12.8. The van der Waals surface area contributed by atoms with Gasteiger partial charge in [-0.15, -0.1) is 0 Å². The van der Waals surface area contributed by atoms with Crippen LogP contribution in [-0.4, -0.2) is 30.2 Å². The molecule has 0 saturated heterocycles. The molecule has 1 N–H and O–H groups in total. The average molecular weight is 398 g/mol. The maximum atomic E-state index is 12.8. The Bertz CT molecular complexity index is 987. The highest BCUT2D eigenvalue weighted by Gasteiger charge is 2.23. The first-order chi connectivity index (χ1) is 12.0. The number of ether oxygens (including phenoxy) is 1. The van der Waals surface area contributed by atoms with Gasteiger partial charge in [-0.05, 0) is 61.7 Å². The van der Waals surface area contributed by atoms with Crippen molar-refractivity contribution in [1.82, 2.24) is 4.72 Å². The molecule has 2 aromatic rings. The van der Waals surface area contributed by atoms with Gasteiger partial charge in [0.25, 0.3) is 0 Å². The smallest absolute Gasteiger partial charge is 0.241 e. The Balaban J connectivity index is 2.32. The molecular formula is C18H23NO5S2. The van der Waals surface area contributed by atoms with Crippen molar-refractivity contribution in [3.05, 3.63) is 53.1 Å². The summed E-state index contributed by atoms with van der Waals surface area (Å²) in [6, 6.07) is 8.99. The summed E-state index contributed by atoms with van der Waals surface area (Å²) in [7, 11) is -5.52. The van der Waals surface area contributed by atoms with Gasteiger partial charge < -0.3 is 4.74 Å². The molecule has 0 amide bonds. The van der Waals surface area contributed by atoms with Crippen molar-refractivity contribution in [1.29, 1.82) is 0 Å². The third-order valence-corrected chi connectivity index (χ3v) is 7.05. The molecule has 0 aliphatic rings. The molecule has 142 valence electrons. The van der Waals surface area contributed by atoms with Crippen molar-refractivity contribution in [2.75, 3.05) is 13.4 Å². The second kappa shape index (κ2) is 7.38. The van der Waals surface area contributed by atoms with Gasteiger partial charge in [-0.2, -0.15) is 0 Å². The van der Waals surface area contributed by atoms with E-state index in [0.29, 0.717) is 22.4 Å². The quantitative estimate of drug-likeness (QED) is 0.809. The summed E-state index contributed by atoms with van der Waals surface area (Å²) >= 11 is 0. The Morgan fingerprint density at radius 3 is 1.88 bits per heavy atom. The first-order valence-electron chi connectivity index (χ1n) is 7.93. The zero-order valence-electron chi connectivity index (χ0n) is 15.4. The lowest BCUT2D eigenvalue weighted by atomic mass is 10.1. The van der Waals surface area contributed by atoms with Crippen LogP contribution in [0.5, 0.6) is 5.75 Å². The van der Waals surface area contributed by atoms with Crippen LogP contribution in [0.3, 0.4) is 0 Å². The molecule has 0 bridgehead atoms. The fourth-order valence-corrected chi connectivity index (χ4v) is 5.13. The van der Waals surface area contributed by atoms with Crippen LogP contribution in [0.1, 0.15) is 29.7 Å². The SMILES string of the molecule is COc1cc(C)c(S(=O)(=O)N[C@H](C)c2ccc(S(C)(=O)=O)cc2)c(C)c1. The molecule has 0 unspecified atom stereocenters. The summed E-state index contributed by atoms with van der Waals surface area (Å²) in [4.78, 5) is 0.413. The normalized spacial score (nSPS) is 13.4. The average Bonchev–Trinajstić information content (AvgIpc) is 2.52. The monoisotopic (exact) mass is 397 g/mol. The van der Waals surface area contributed by atoms with Gasteiger partial charge in [0, 0.05) is 12.3 Å². The Labute approximate surface area is 155 Å². The van der Waals surface area contributed by atoms with Crippen LogP contribution in [0.15, 0.2) is 46.2 Å². The predicted octanol–water partition coefficient (Wildman–Crippen LogP) is 2.76. The Kier molecular flexibility index (Phi) is 5.79. The molecule has 2 rings (SSSR count). The summed E-state index contributed by atoms with van der Waals surface area (Å²) in [6.07, 6.45) is 1.13. The molecule has 2 aromatic carbocycles. The molecule has 0 spiro atoms. The molecular weight excluding hydrogens is 374 g/mol. The van der Waals surface area contributed by atoms with E-state index in [-0.39, 0.29) is 9.79 Å². The minimum atomic E-state index is -3.76. The van der Waals surface area contributed by atoms with Gasteiger partial charge in [-0.3, -0.25) is 0 Å². The van der Waals surface area contributed by atoms with Gasteiger partial charge in [0.15, 0.2) is 9.84 Å². The number of methoxy groups -OCH3 is 1. The van der Waals surface area contributed by atoms with Crippen LogP contribution in [0.2, 0.25) is 0 Å². The molecule has 0 aromatic heterocycles. The second-order valence-electron chi connectivity index (χ2n) is 6.27. The Morgan fingerprint density at radius 1 is 0.962 bits per heavy atom. The van der Waals surface area contributed by atoms with Crippen molar-refractivity contribution >= 4 is 19.9 Å². The first-order valence-corrected chi connectivity index (χ1v) is 11.3. The van der Waals surface area contributed by atoms with Crippen molar-refractivity contribution in [2.24, 2.45) is 0 Å². The Morgan fingerprint density at radius 2 is 1.46 bits per heavy atom. The lowest BCUT2D eigenvalue weighted by molar-refractivity contribution is 0.413. The second-order valence-corrected chi connectivity index (χ2v) is 9.94. The molecule has 26 heavy (non-hydrogen) atoms. The molecule has 1 atom stereocenters. The van der Waals surface area contributed by atoms with Gasteiger partial charge in [0.2, 0.25) is 10.0 Å². The summed E-state index contributed by atoms with van der Waals surface area (Å²) in [5.74, 6) is 0.600. The molecule has 0 saturated carbocycles. The molecule has 0 fully saturated rings. The molecule has 6 nitrogen and oxygen atoms in total. The van der Waals surface area contributed by atoms with Gasteiger partial charge in [0.05, 0.1) is 16.9 Å². The predicted molar refractivity (Wildman–Crippen MR) is 101 cm³/mol. The zero-order chi connectivity index (χ0) is 19.7. The standard InChI is InChI=1S/C18H23NO5S2/c1-12-10-16(24-4)11-13(2)18(12)26(22,23)19-14(3)15-6-8-17(9-7-15)25(5,20)21/h6-11,14,19H,1-5H3/t14-/m1/s1. The molecule has 0 aliphatic heterocycles. The summed E-state index contributed by atoms with van der Waals surface area (Å²) in [6.45, 7) is 5.15. The van der Waals surface area contributed by atoms with E-state index in [4.69, 9.17) is 4.74 Å². The zero-order valence-corrected chi connectivity index (χ0v) is 17.0. The minimum absolute atomic E-state index is 0.193. The summed E-state index contributed by atoms with van der Waals surface area (Å²) in [5, 5.41) is 0. The number of sulfone groups is 1. The summed E-state index contributed by atoms with van der Waals surface area (Å²) < 4.78 is 56.6. The maximum Gasteiger partial charge on any atom is 0.241 e. The van der Waals surface area contributed by atoms with Crippen LogP contribution in [-0.2, 0) is 19.9 Å². The number of nitrogens with one attached hydrogen (secondary N) is 1. The van der Waals surface area contributed by atoms with Crippen LogP contribution in [0.4, 0.5) is 0 Å². The molecule has 0 heterocycles. The van der Waals surface area contributed by atoms with Crippen molar-refractivity contribution < 1.29 is 21.6 Å². The Hall–Kier alpha value is -1.90. The fourth-order valence-electron chi connectivity index (χ4n) is 2.82. The van der Waals surface area contributed by atoms with E-state index in [9.17, 15) is 16.8 Å². The number of sulfonamides is 1. The van der Waals surface area contributed by atoms with Crippen molar-refractivity contribution in [3.63, 3.8) is 0 Å². The van der Waals surface area contributed by atoms with Crippen LogP contribution in [0.25, 0.3) is 0 Å². The van der Waals surface area contributed by atoms with Crippen molar-refractivity contribution in [3.8, 4) is 5.75 Å². The highest BCUT2D eigenvalue weighted by atomic mass is 32.2. The van der Waals surface area contributed by atoms with Crippen LogP contribution < -0.4 is 9.46 Å². The minimum Gasteiger partial charge on any atom is -0.497 e. The number of rotatable bonds is 6. The number of hydrogen-bond acceptors (Lipinski definition) is 5. The number of benzene rings is 2. The van der Waals surface area contributed by atoms with Crippen molar-refractivity contribution in [2.45, 2.75) is 36.6 Å². The molecule has 0 radical (unpaired) electrons. The highest BCUT2D eigenvalue weighted by molar-refractivity contribution is 7.90.